The van der Waals surface area contributed by atoms with Crippen LogP contribution in [0.25, 0.3) is 0 Å². The van der Waals surface area contributed by atoms with Crippen LogP contribution in [-0.4, -0.2) is 43.9 Å². The molecule has 0 bridgehead atoms. The lowest BCUT2D eigenvalue weighted by molar-refractivity contribution is -0.144. The van der Waals surface area contributed by atoms with Crippen molar-refractivity contribution < 1.29 is 19.0 Å². The van der Waals surface area contributed by atoms with Crippen molar-refractivity contribution in [2.24, 2.45) is 0 Å². The lowest BCUT2D eigenvalue weighted by atomic mass is 10.2. The highest BCUT2D eigenvalue weighted by Crippen LogP contribution is 2.12. The number of esters is 1. The number of carbonyl (C=O) groups excluding carboxylic acids is 1. The second-order valence-corrected chi connectivity index (χ2v) is 4.19. The number of hydrogen-bond acceptors (Lipinski definition) is 5. The number of ether oxygens (including phenoxy) is 3. The first kappa shape index (κ1) is 17.2. The fourth-order valence-electron chi connectivity index (χ4n) is 0.874. The second kappa shape index (κ2) is 8.31. The largest absolute Gasteiger partial charge is 0.482 e. The van der Waals surface area contributed by atoms with Gasteiger partial charge in [-0.3, -0.25) is 0 Å². The summed E-state index contributed by atoms with van der Waals surface area (Å²) in [6.07, 6.45) is 1.62. The zero-order chi connectivity index (χ0) is 15.0. The average Bonchev–Trinajstić information content (AvgIpc) is 2.34. The van der Waals surface area contributed by atoms with Crippen LogP contribution in [0.1, 0.15) is 6.92 Å². The van der Waals surface area contributed by atoms with Gasteiger partial charge in [-0.2, -0.15) is 0 Å². The molecule has 0 atom stereocenters. The number of carbonyl (C=O) groups is 1. The number of rotatable bonds is 6. The van der Waals surface area contributed by atoms with Crippen LogP contribution in [0.4, 0.5) is 0 Å². The van der Waals surface area contributed by atoms with Crippen LogP contribution in [0.15, 0.2) is 36.3 Å². The number of hydrogen-bond donors (Lipinski definition) is 0. The van der Waals surface area contributed by atoms with Crippen molar-refractivity contribution in [1.82, 2.24) is 4.90 Å². The first-order valence-corrected chi connectivity index (χ1v) is 5.84. The van der Waals surface area contributed by atoms with E-state index in [4.69, 9.17) is 21.7 Å². The third kappa shape index (κ3) is 7.25. The molecule has 0 fully saturated rings. The molecular formula is C13H19NO4S. The van der Waals surface area contributed by atoms with Gasteiger partial charge in [-0.05, 0) is 30.8 Å². The average molecular weight is 285 g/mol. The molecule has 0 radical (unpaired) electrons. The molecule has 5 nitrogen and oxygen atoms in total. The van der Waals surface area contributed by atoms with E-state index in [2.05, 4.69) is 17.9 Å². The minimum absolute atomic E-state index is 0.191. The molecule has 0 heterocycles. The predicted octanol–water partition coefficient (Wildman–Crippen LogP) is 2.01. The minimum Gasteiger partial charge on any atom is -0.482 e. The molecule has 0 aliphatic heterocycles. The van der Waals surface area contributed by atoms with Gasteiger partial charge in [0, 0.05) is 14.1 Å². The van der Waals surface area contributed by atoms with E-state index in [9.17, 15) is 4.79 Å². The van der Waals surface area contributed by atoms with E-state index in [0.717, 1.165) is 0 Å². The van der Waals surface area contributed by atoms with E-state index < -0.39 is 5.97 Å². The molecular weight excluding hydrogens is 266 g/mol. The molecule has 0 saturated heterocycles. The van der Waals surface area contributed by atoms with Gasteiger partial charge in [0.15, 0.2) is 6.61 Å². The maximum absolute atomic E-state index is 10.9. The lowest BCUT2D eigenvalue weighted by Gasteiger charge is -2.14. The van der Waals surface area contributed by atoms with Crippen molar-refractivity contribution in [2.75, 3.05) is 27.8 Å². The molecule has 0 spiro atoms. The molecule has 19 heavy (non-hydrogen) atoms. The highest BCUT2D eigenvalue weighted by atomic mass is 32.1. The SMILES string of the molecule is C=C(/C=C(/C)C(=C)OCC(=O)OC)OC(=S)N(C)C. The first-order chi connectivity index (χ1) is 8.77. The van der Waals surface area contributed by atoms with E-state index in [1.807, 2.05) is 0 Å². The summed E-state index contributed by atoms with van der Waals surface area (Å²) in [5.41, 5.74) is 0.676. The number of allylic oxidation sites excluding steroid dienone is 2. The number of nitrogens with zero attached hydrogens (tertiary/aromatic N) is 1. The maximum atomic E-state index is 10.9. The Morgan fingerprint density at radius 1 is 1.37 bits per heavy atom. The second-order valence-electron chi connectivity index (χ2n) is 3.84. The Morgan fingerprint density at radius 3 is 2.42 bits per heavy atom. The van der Waals surface area contributed by atoms with Gasteiger partial charge in [-0.1, -0.05) is 13.2 Å². The summed E-state index contributed by atoms with van der Waals surface area (Å²) >= 11 is 4.97. The Kier molecular flexibility index (Phi) is 7.52. The molecule has 6 heteroatoms. The molecule has 0 aliphatic carbocycles. The Balaban J connectivity index is 4.38. The quantitative estimate of drug-likeness (QED) is 0.322. The van der Waals surface area contributed by atoms with Crippen molar-refractivity contribution in [3.63, 3.8) is 0 Å². The van der Waals surface area contributed by atoms with Crippen molar-refractivity contribution in [3.05, 3.63) is 36.3 Å². The van der Waals surface area contributed by atoms with Crippen LogP contribution in [0.5, 0.6) is 0 Å². The van der Waals surface area contributed by atoms with E-state index in [1.54, 1.807) is 32.0 Å². The van der Waals surface area contributed by atoms with Crippen molar-refractivity contribution >= 4 is 23.4 Å². The fraction of sp³-hybridized carbons (Fsp3) is 0.385. The summed E-state index contributed by atoms with van der Waals surface area (Å²) in [6.45, 7) is 8.97. The summed E-state index contributed by atoms with van der Waals surface area (Å²) < 4.78 is 14.9. The third-order valence-electron chi connectivity index (χ3n) is 1.99. The highest BCUT2D eigenvalue weighted by molar-refractivity contribution is 7.80. The zero-order valence-electron chi connectivity index (χ0n) is 11.7. The Morgan fingerprint density at radius 2 is 1.95 bits per heavy atom. The summed E-state index contributed by atoms with van der Waals surface area (Å²) in [7, 11) is 4.82. The van der Waals surface area contributed by atoms with Gasteiger partial charge in [0.05, 0.1) is 7.11 Å². The third-order valence-corrected chi connectivity index (χ3v) is 2.44. The highest BCUT2D eigenvalue weighted by Gasteiger charge is 2.06. The smallest absolute Gasteiger partial charge is 0.343 e. The Labute approximate surface area is 119 Å². The topological polar surface area (TPSA) is 48.0 Å². The monoisotopic (exact) mass is 285 g/mol. The molecule has 0 unspecified atom stereocenters. The molecule has 0 rings (SSSR count). The van der Waals surface area contributed by atoms with Gasteiger partial charge in [0.1, 0.15) is 11.5 Å². The fourth-order valence-corrected chi connectivity index (χ4v) is 0.981. The standard InChI is InChI=1S/C13H19NO4S/c1-9(11(3)17-8-12(15)16-6)7-10(2)18-13(19)14(4)5/h7H,2-3,8H2,1,4-6H3/b9-7-. The van der Waals surface area contributed by atoms with Gasteiger partial charge < -0.3 is 19.1 Å². The van der Waals surface area contributed by atoms with Gasteiger partial charge in [-0.25, -0.2) is 4.79 Å². The van der Waals surface area contributed by atoms with Gasteiger partial charge in [-0.15, -0.1) is 0 Å². The van der Waals surface area contributed by atoms with Crippen molar-refractivity contribution in [3.8, 4) is 0 Å². The normalized spacial score (nSPS) is 10.4. The van der Waals surface area contributed by atoms with Gasteiger partial charge in [0.25, 0.3) is 5.17 Å². The lowest BCUT2D eigenvalue weighted by Crippen LogP contribution is -2.21. The minimum atomic E-state index is -0.474. The number of methoxy groups -OCH3 is 1. The van der Waals surface area contributed by atoms with Crippen LogP contribution >= 0.6 is 12.2 Å². The summed E-state index contributed by atoms with van der Waals surface area (Å²) in [4.78, 5) is 12.6. The van der Waals surface area contributed by atoms with Crippen LogP contribution < -0.4 is 0 Å². The van der Waals surface area contributed by atoms with Crippen LogP contribution in [-0.2, 0) is 19.0 Å². The first-order valence-electron chi connectivity index (χ1n) is 5.43. The molecule has 0 N–H and O–H groups in total. The molecule has 0 aliphatic rings. The molecule has 0 amide bonds. The summed E-state index contributed by atoms with van der Waals surface area (Å²) in [5.74, 6) is 0.225. The molecule has 0 saturated carbocycles. The Bertz CT molecular complexity index is 413. The summed E-state index contributed by atoms with van der Waals surface area (Å²) in [6, 6.07) is 0. The maximum Gasteiger partial charge on any atom is 0.343 e. The van der Waals surface area contributed by atoms with E-state index in [0.29, 0.717) is 22.3 Å². The molecule has 0 aromatic carbocycles. The Hall–Kier alpha value is -1.82. The zero-order valence-corrected chi connectivity index (χ0v) is 12.5. The molecule has 106 valence electrons. The van der Waals surface area contributed by atoms with Crippen LogP contribution in [0, 0.1) is 0 Å². The van der Waals surface area contributed by atoms with Crippen LogP contribution in [0.3, 0.4) is 0 Å². The van der Waals surface area contributed by atoms with Crippen molar-refractivity contribution in [1.29, 1.82) is 0 Å². The van der Waals surface area contributed by atoms with Gasteiger partial charge >= 0.3 is 5.97 Å². The predicted molar refractivity (Wildman–Crippen MR) is 77.4 cm³/mol. The van der Waals surface area contributed by atoms with E-state index in [1.165, 1.54) is 7.11 Å². The molecule has 0 aromatic heterocycles. The van der Waals surface area contributed by atoms with E-state index in [-0.39, 0.29) is 6.61 Å². The molecule has 0 aromatic rings. The van der Waals surface area contributed by atoms with Crippen molar-refractivity contribution in [2.45, 2.75) is 6.92 Å². The van der Waals surface area contributed by atoms with E-state index >= 15 is 0 Å². The van der Waals surface area contributed by atoms with Crippen LogP contribution in [0.2, 0.25) is 0 Å². The summed E-state index contributed by atoms with van der Waals surface area (Å²) in [5, 5.41) is 0.301. The number of thiocarbonyl (C=S) groups is 1. The van der Waals surface area contributed by atoms with Gasteiger partial charge in [0.2, 0.25) is 0 Å².